The number of rotatable bonds is 4. The fourth-order valence-corrected chi connectivity index (χ4v) is 1.31. The highest BCUT2D eigenvalue weighted by Gasteiger charge is 2.13. The van der Waals surface area contributed by atoms with Gasteiger partial charge in [-0.3, -0.25) is 9.48 Å². The van der Waals surface area contributed by atoms with Crippen LogP contribution in [0.1, 0.15) is 18.3 Å². The molecular weight excluding hydrogens is 178 g/mol. The summed E-state index contributed by atoms with van der Waals surface area (Å²) in [7, 11) is 1.85. The standard InChI is InChI=1S/C10H17N3O/c1-7(6-11)10(14)5-9-4-8(2)12-13(9)3/h4,7H,5-6,11H2,1-3H3. The van der Waals surface area contributed by atoms with Gasteiger partial charge in [-0.1, -0.05) is 6.92 Å². The highest BCUT2D eigenvalue weighted by molar-refractivity contribution is 5.82. The summed E-state index contributed by atoms with van der Waals surface area (Å²) in [4.78, 5) is 11.6. The molecule has 1 aromatic rings. The molecule has 4 heteroatoms. The van der Waals surface area contributed by atoms with Crippen LogP contribution in [-0.4, -0.2) is 22.1 Å². The second-order valence-corrected chi connectivity index (χ2v) is 3.68. The molecule has 0 amide bonds. The molecule has 0 bridgehead atoms. The maximum absolute atomic E-state index is 11.6. The van der Waals surface area contributed by atoms with Gasteiger partial charge < -0.3 is 5.73 Å². The molecule has 78 valence electrons. The van der Waals surface area contributed by atoms with Crippen molar-refractivity contribution in [3.63, 3.8) is 0 Å². The van der Waals surface area contributed by atoms with E-state index in [1.54, 1.807) is 4.68 Å². The van der Waals surface area contributed by atoms with Gasteiger partial charge in [0.2, 0.25) is 0 Å². The number of ketones is 1. The molecule has 0 spiro atoms. The molecule has 0 fully saturated rings. The zero-order valence-electron chi connectivity index (χ0n) is 8.95. The fraction of sp³-hybridized carbons (Fsp3) is 0.600. The molecule has 1 heterocycles. The van der Waals surface area contributed by atoms with Gasteiger partial charge in [-0.25, -0.2) is 0 Å². The molecule has 0 saturated heterocycles. The van der Waals surface area contributed by atoms with Gasteiger partial charge in [-0.2, -0.15) is 5.10 Å². The average Bonchev–Trinajstić information content (AvgIpc) is 2.44. The van der Waals surface area contributed by atoms with Crippen LogP contribution in [-0.2, 0) is 18.3 Å². The third-order valence-corrected chi connectivity index (χ3v) is 2.36. The highest BCUT2D eigenvalue weighted by atomic mass is 16.1. The Bertz CT molecular complexity index is 330. The highest BCUT2D eigenvalue weighted by Crippen LogP contribution is 2.06. The molecule has 1 rings (SSSR count). The molecule has 14 heavy (non-hydrogen) atoms. The zero-order chi connectivity index (χ0) is 10.7. The van der Waals surface area contributed by atoms with E-state index in [1.807, 2.05) is 27.0 Å². The van der Waals surface area contributed by atoms with Crippen LogP contribution in [0.25, 0.3) is 0 Å². The Morgan fingerprint density at radius 2 is 2.36 bits per heavy atom. The van der Waals surface area contributed by atoms with E-state index in [4.69, 9.17) is 5.73 Å². The van der Waals surface area contributed by atoms with Gasteiger partial charge in [-0.05, 0) is 13.0 Å². The Balaban J connectivity index is 2.69. The van der Waals surface area contributed by atoms with Crippen LogP contribution in [0.2, 0.25) is 0 Å². The molecule has 0 radical (unpaired) electrons. The molecule has 0 aliphatic heterocycles. The summed E-state index contributed by atoms with van der Waals surface area (Å²) in [6, 6.07) is 1.93. The van der Waals surface area contributed by atoms with Gasteiger partial charge in [-0.15, -0.1) is 0 Å². The van der Waals surface area contributed by atoms with Gasteiger partial charge in [0.25, 0.3) is 0 Å². The predicted molar refractivity (Wildman–Crippen MR) is 54.9 cm³/mol. The van der Waals surface area contributed by atoms with Gasteiger partial charge in [0.1, 0.15) is 5.78 Å². The van der Waals surface area contributed by atoms with Crippen molar-refractivity contribution in [3.8, 4) is 0 Å². The Labute approximate surface area is 84.1 Å². The van der Waals surface area contributed by atoms with Crippen molar-refractivity contribution in [2.45, 2.75) is 20.3 Å². The molecule has 0 saturated carbocycles. The number of nitrogens with zero attached hydrogens (tertiary/aromatic N) is 2. The Morgan fingerprint density at radius 3 is 2.79 bits per heavy atom. The van der Waals surface area contributed by atoms with E-state index in [1.165, 1.54) is 0 Å². The van der Waals surface area contributed by atoms with Crippen LogP contribution in [0, 0.1) is 12.8 Å². The van der Waals surface area contributed by atoms with Crippen LogP contribution in [0.5, 0.6) is 0 Å². The lowest BCUT2D eigenvalue weighted by Crippen LogP contribution is -2.22. The average molecular weight is 195 g/mol. The monoisotopic (exact) mass is 195 g/mol. The fourth-order valence-electron chi connectivity index (χ4n) is 1.31. The van der Waals surface area contributed by atoms with Crippen molar-refractivity contribution in [1.82, 2.24) is 9.78 Å². The molecular formula is C10H17N3O. The van der Waals surface area contributed by atoms with Gasteiger partial charge in [0.15, 0.2) is 0 Å². The van der Waals surface area contributed by atoms with E-state index in [0.29, 0.717) is 13.0 Å². The van der Waals surface area contributed by atoms with Crippen LogP contribution < -0.4 is 5.73 Å². The maximum Gasteiger partial charge on any atom is 0.142 e. The number of aromatic nitrogens is 2. The number of nitrogens with two attached hydrogens (primary N) is 1. The minimum atomic E-state index is -0.0646. The summed E-state index contributed by atoms with van der Waals surface area (Å²) in [5.41, 5.74) is 7.32. The minimum absolute atomic E-state index is 0.0646. The largest absolute Gasteiger partial charge is 0.330 e. The first-order valence-electron chi connectivity index (χ1n) is 4.77. The molecule has 1 aromatic heterocycles. The van der Waals surface area contributed by atoms with Crippen LogP contribution in [0.15, 0.2) is 6.07 Å². The van der Waals surface area contributed by atoms with Gasteiger partial charge >= 0.3 is 0 Å². The maximum atomic E-state index is 11.6. The van der Waals surface area contributed by atoms with Gasteiger partial charge in [0, 0.05) is 31.6 Å². The number of aryl methyl sites for hydroxylation is 2. The molecule has 1 unspecified atom stereocenters. The van der Waals surface area contributed by atoms with E-state index in [-0.39, 0.29) is 11.7 Å². The lowest BCUT2D eigenvalue weighted by atomic mass is 10.0. The lowest BCUT2D eigenvalue weighted by Gasteiger charge is -2.06. The summed E-state index contributed by atoms with van der Waals surface area (Å²) < 4.78 is 1.75. The number of carbonyl (C=O) groups excluding carboxylic acids is 1. The Morgan fingerprint density at radius 1 is 1.71 bits per heavy atom. The molecule has 2 N–H and O–H groups in total. The molecule has 1 atom stereocenters. The second kappa shape index (κ2) is 4.37. The predicted octanol–water partition coefficient (Wildman–Crippen LogP) is 0.435. The Kier molecular flexibility index (Phi) is 3.41. The van der Waals surface area contributed by atoms with Crippen molar-refractivity contribution >= 4 is 5.78 Å². The Hall–Kier alpha value is -1.16. The molecule has 0 aliphatic rings. The van der Waals surface area contributed by atoms with Crippen molar-refractivity contribution < 1.29 is 4.79 Å². The van der Waals surface area contributed by atoms with Crippen molar-refractivity contribution in [2.75, 3.05) is 6.54 Å². The van der Waals surface area contributed by atoms with Crippen LogP contribution in [0.3, 0.4) is 0 Å². The van der Waals surface area contributed by atoms with Crippen molar-refractivity contribution in [1.29, 1.82) is 0 Å². The van der Waals surface area contributed by atoms with E-state index in [9.17, 15) is 4.79 Å². The smallest absolute Gasteiger partial charge is 0.142 e. The quantitative estimate of drug-likeness (QED) is 0.758. The van der Waals surface area contributed by atoms with Crippen molar-refractivity contribution in [2.24, 2.45) is 18.7 Å². The van der Waals surface area contributed by atoms with E-state index in [0.717, 1.165) is 11.4 Å². The third-order valence-electron chi connectivity index (χ3n) is 2.36. The molecule has 0 aliphatic carbocycles. The first-order valence-corrected chi connectivity index (χ1v) is 4.77. The second-order valence-electron chi connectivity index (χ2n) is 3.68. The lowest BCUT2D eigenvalue weighted by molar-refractivity contribution is -0.121. The SMILES string of the molecule is Cc1cc(CC(=O)C(C)CN)n(C)n1. The first-order chi connectivity index (χ1) is 6.54. The van der Waals surface area contributed by atoms with E-state index < -0.39 is 0 Å². The zero-order valence-corrected chi connectivity index (χ0v) is 8.95. The summed E-state index contributed by atoms with van der Waals surface area (Å²) in [5, 5.41) is 4.18. The molecule has 0 aromatic carbocycles. The van der Waals surface area contributed by atoms with Crippen molar-refractivity contribution in [3.05, 3.63) is 17.5 Å². The number of carbonyl (C=O) groups is 1. The molecule has 4 nitrogen and oxygen atoms in total. The summed E-state index contributed by atoms with van der Waals surface area (Å²) in [6.45, 7) is 4.18. The topological polar surface area (TPSA) is 60.9 Å². The van der Waals surface area contributed by atoms with Crippen LogP contribution in [0.4, 0.5) is 0 Å². The normalized spacial score (nSPS) is 12.9. The number of Topliss-reactive ketones (excluding diaryl/α,β-unsaturated/α-hetero) is 1. The van der Waals surface area contributed by atoms with Crippen LogP contribution >= 0.6 is 0 Å². The van der Waals surface area contributed by atoms with E-state index >= 15 is 0 Å². The minimum Gasteiger partial charge on any atom is -0.330 e. The van der Waals surface area contributed by atoms with E-state index in [2.05, 4.69) is 5.10 Å². The third kappa shape index (κ3) is 2.42. The number of hydrogen-bond donors (Lipinski definition) is 1. The number of hydrogen-bond acceptors (Lipinski definition) is 3. The first kappa shape index (κ1) is 10.9. The summed E-state index contributed by atoms with van der Waals surface area (Å²) in [6.07, 6.45) is 0.426. The summed E-state index contributed by atoms with van der Waals surface area (Å²) >= 11 is 0. The summed E-state index contributed by atoms with van der Waals surface area (Å²) in [5.74, 6) is 0.112. The van der Waals surface area contributed by atoms with Gasteiger partial charge in [0.05, 0.1) is 5.69 Å².